The van der Waals surface area contributed by atoms with E-state index in [-0.39, 0.29) is 5.82 Å². The smallest absolute Gasteiger partial charge is 0.130 e. The van der Waals surface area contributed by atoms with Gasteiger partial charge in [0, 0.05) is 33.2 Å². The summed E-state index contributed by atoms with van der Waals surface area (Å²) < 4.78 is 19.2. The molecule has 0 amide bonds. The minimum absolute atomic E-state index is 0.287. The molecule has 0 radical (unpaired) electrons. The van der Waals surface area contributed by atoms with Crippen LogP contribution in [0.5, 0.6) is 5.75 Å². The van der Waals surface area contributed by atoms with E-state index in [0.717, 1.165) is 12.0 Å². The van der Waals surface area contributed by atoms with Gasteiger partial charge >= 0.3 is 0 Å². The van der Waals surface area contributed by atoms with Crippen molar-refractivity contribution in [1.29, 1.82) is 0 Å². The summed E-state index contributed by atoms with van der Waals surface area (Å²) in [7, 11) is 0. The first-order chi connectivity index (χ1) is 8.65. The van der Waals surface area contributed by atoms with Crippen LogP contribution in [-0.2, 0) is 6.42 Å². The van der Waals surface area contributed by atoms with Crippen LogP contribution in [-0.4, -0.2) is 6.61 Å². The molecule has 4 heteroatoms. The molecule has 0 unspecified atom stereocenters. The summed E-state index contributed by atoms with van der Waals surface area (Å²) in [6, 6.07) is 8.06. The molecule has 0 saturated heterocycles. The van der Waals surface area contributed by atoms with E-state index >= 15 is 0 Å². The summed E-state index contributed by atoms with van der Waals surface area (Å²) in [6.45, 7) is 0.573. The molecule has 3 rings (SSSR count). The molecule has 92 valence electrons. The molecule has 0 aromatic heterocycles. The lowest BCUT2D eigenvalue weighted by Gasteiger charge is -2.10. The fourth-order valence-corrected chi connectivity index (χ4v) is 2.56. The lowest BCUT2D eigenvalue weighted by Crippen LogP contribution is -1.90. The van der Waals surface area contributed by atoms with Crippen LogP contribution in [0.4, 0.5) is 4.39 Å². The zero-order valence-corrected chi connectivity index (χ0v) is 10.9. The van der Waals surface area contributed by atoms with Gasteiger partial charge in [-0.3, -0.25) is 0 Å². The number of ether oxygens (including phenoxy) is 1. The largest absolute Gasteiger partial charge is 0.492 e. The minimum Gasteiger partial charge on any atom is -0.492 e. The van der Waals surface area contributed by atoms with E-state index < -0.39 is 0 Å². The second-order valence-corrected chi connectivity index (χ2v) is 5.01. The molecule has 1 heterocycles. The fourth-order valence-electron chi connectivity index (χ4n) is 2.17. The van der Waals surface area contributed by atoms with E-state index in [1.54, 1.807) is 18.2 Å². The van der Waals surface area contributed by atoms with Crippen LogP contribution in [0, 0.1) is 5.82 Å². The third-order valence-electron chi connectivity index (χ3n) is 2.97. The highest BCUT2D eigenvalue weighted by Gasteiger charge is 2.20. The molecular weight excluding hydrogens is 274 g/mol. The van der Waals surface area contributed by atoms with Crippen molar-refractivity contribution < 1.29 is 9.13 Å². The third-order valence-corrected chi connectivity index (χ3v) is 3.53. The molecule has 0 N–H and O–H groups in total. The van der Waals surface area contributed by atoms with Crippen molar-refractivity contribution in [3.63, 3.8) is 0 Å². The van der Waals surface area contributed by atoms with Gasteiger partial charge in [-0.15, -0.1) is 0 Å². The van der Waals surface area contributed by atoms with Crippen molar-refractivity contribution in [2.45, 2.75) is 6.42 Å². The molecule has 0 fully saturated rings. The Balaban J connectivity index is 2.26. The standard InChI is InChI=1S/C14H9Cl2FO/c15-9-1-2-13(16)11(6-9)12-7-10(17)5-8-3-4-18-14(8)12/h1-2,5-7H,3-4H2. The molecule has 2 aromatic rings. The molecule has 0 spiro atoms. The molecule has 0 saturated carbocycles. The highest BCUT2D eigenvalue weighted by Crippen LogP contribution is 2.41. The topological polar surface area (TPSA) is 9.23 Å². The van der Waals surface area contributed by atoms with Crippen molar-refractivity contribution >= 4 is 23.2 Å². The first-order valence-corrected chi connectivity index (χ1v) is 6.31. The Morgan fingerprint density at radius 1 is 1.06 bits per heavy atom. The Hall–Kier alpha value is -1.25. The van der Waals surface area contributed by atoms with E-state index in [1.165, 1.54) is 12.1 Å². The first-order valence-electron chi connectivity index (χ1n) is 5.56. The second-order valence-electron chi connectivity index (χ2n) is 4.16. The molecule has 1 aliphatic heterocycles. The Morgan fingerprint density at radius 2 is 1.89 bits per heavy atom. The first kappa shape index (κ1) is 11.8. The molecular formula is C14H9Cl2FO. The van der Waals surface area contributed by atoms with E-state index in [4.69, 9.17) is 27.9 Å². The lowest BCUT2D eigenvalue weighted by molar-refractivity contribution is 0.358. The van der Waals surface area contributed by atoms with E-state index in [0.29, 0.717) is 33.5 Å². The zero-order chi connectivity index (χ0) is 12.7. The van der Waals surface area contributed by atoms with Gasteiger partial charge in [0.1, 0.15) is 11.6 Å². The Bertz CT molecular complexity index is 625. The van der Waals surface area contributed by atoms with Gasteiger partial charge in [-0.2, -0.15) is 0 Å². The van der Waals surface area contributed by atoms with Gasteiger partial charge in [-0.05, 0) is 30.3 Å². The number of hydrogen-bond donors (Lipinski definition) is 0. The third kappa shape index (κ3) is 1.96. The second kappa shape index (κ2) is 4.45. The summed E-state index contributed by atoms with van der Waals surface area (Å²) in [5.74, 6) is 0.422. The lowest BCUT2D eigenvalue weighted by atomic mass is 10.0. The maximum Gasteiger partial charge on any atom is 0.130 e. The molecule has 0 atom stereocenters. The van der Waals surface area contributed by atoms with Crippen molar-refractivity contribution in [3.8, 4) is 16.9 Å². The number of rotatable bonds is 1. The molecule has 1 nitrogen and oxygen atoms in total. The number of halogens is 3. The van der Waals surface area contributed by atoms with Gasteiger partial charge in [0.2, 0.25) is 0 Å². The zero-order valence-electron chi connectivity index (χ0n) is 9.34. The van der Waals surface area contributed by atoms with Crippen LogP contribution < -0.4 is 4.74 Å². The average Bonchev–Trinajstić information content (AvgIpc) is 2.79. The van der Waals surface area contributed by atoms with Crippen LogP contribution in [0.1, 0.15) is 5.56 Å². The number of benzene rings is 2. The fraction of sp³-hybridized carbons (Fsp3) is 0.143. The Kier molecular flexibility index (Phi) is 2.92. The normalized spacial score (nSPS) is 13.3. The van der Waals surface area contributed by atoms with Crippen molar-refractivity contribution in [2.75, 3.05) is 6.61 Å². The minimum atomic E-state index is -0.287. The van der Waals surface area contributed by atoms with Crippen molar-refractivity contribution in [2.24, 2.45) is 0 Å². The summed E-state index contributed by atoms with van der Waals surface area (Å²) in [5, 5.41) is 1.09. The van der Waals surface area contributed by atoms with E-state index in [9.17, 15) is 4.39 Å². The van der Waals surface area contributed by atoms with Crippen LogP contribution >= 0.6 is 23.2 Å². The summed E-state index contributed by atoms with van der Waals surface area (Å²) in [5.41, 5.74) is 2.23. The average molecular weight is 283 g/mol. The van der Waals surface area contributed by atoms with E-state index in [2.05, 4.69) is 0 Å². The van der Waals surface area contributed by atoms with Gasteiger partial charge < -0.3 is 4.74 Å². The highest BCUT2D eigenvalue weighted by molar-refractivity contribution is 6.35. The van der Waals surface area contributed by atoms with Crippen LogP contribution in [0.2, 0.25) is 10.0 Å². The maximum atomic E-state index is 13.6. The summed E-state index contributed by atoms with van der Waals surface area (Å²) >= 11 is 12.1. The highest BCUT2D eigenvalue weighted by atomic mass is 35.5. The van der Waals surface area contributed by atoms with Gasteiger partial charge in [0.15, 0.2) is 0 Å². The van der Waals surface area contributed by atoms with Crippen LogP contribution in [0.3, 0.4) is 0 Å². The molecule has 0 aliphatic carbocycles. The summed E-state index contributed by atoms with van der Waals surface area (Å²) in [4.78, 5) is 0. The van der Waals surface area contributed by atoms with Crippen LogP contribution in [0.25, 0.3) is 11.1 Å². The van der Waals surface area contributed by atoms with Gasteiger partial charge in [-0.1, -0.05) is 23.2 Å². The van der Waals surface area contributed by atoms with Gasteiger partial charge in [0.25, 0.3) is 0 Å². The predicted molar refractivity (Wildman–Crippen MR) is 71.1 cm³/mol. The van der Waals surface area contributed by atoms with Crippen molar-refractivity contribution in [1.82, 2.24) is 0 Å². The Morgan fingerprint density at radius 3 is 2.72 bits per heavy atom. The van der Waals surface area contributed by atoms with Crippen molar-refractivity contribution in [3.05, 3.63) is 51.8 Å². The molecule has 2 aromatic carbocycles. The maximum absolute atomic E-state index is 13.6. The van der Waals surface area contributed by atoms with E-state index in [1.807, 2.05) is 0 Å². The SMILES string of the molecule is Fc1cc2c(c(-c3cc(Cl)ccc3Cl)c1)OCC2. The quantitative estimate of drug-likeness (QED) is 0.734. The summed E-state index contributed by atoms with van der Waals surface area (Å²) in [6.07, 6.45) is 0.721. The molecule has 1 aliphatic rings. The monoisotopic (exact) mass is 282 g/mol. The number of fused-ring (bicyclic) bond motifs is 1. The predicted octanol–water partition coefficient (Wildman–Crippen LogP) is 4.73. The molecule has 18 heavy (non-hydrogen) atoms. The molecule has 0 bridgehead atoms. The Labute approximate surface area is 114 Å². The van der Waals surface area contributed by atoms with Gasteiger partial charge in [0.05, 0.1) is 6.61 Å². The van der Waals surface area contributed by atoms with Gasteiger partial charge in [-0.25, -0.2) is 4.39 Å². The van der Waals surface area contributed by atoms with Crippen LogP contribution in [0.15, 0.2) is 30.3 Å². The number of hydrogen-bond acceptors (Lipinski definition) is 1.